The number of aryl methyl sites for hydroxylation is 2. The second-order valence-corrected chi connectivity index (χ2v) is 8.02. The maximum atomic E-state index is 11.5. The van der Waals surface area contributed by atoms with Crippen molar-refractivity contribution in [3.63, 3.8) is 0 Å². The molecule has 0 saturated heterocycles. The SMILES string of the molecule is COC(=O)CCn1ccc(-c2cc3c(ccc4nnc(C)n43)n2Cc2cccc(Cl)c2)n1. The zero-order valence-electron chi connectivity index (χ0n) is 17.7. The molecular weight excluding hydrogens is 428 g/mol. The summed E-state index contributed by atoms with van der Waals surface area (Å²) in [6.45, 7) is 3.02. The number of ether oxygens (including phenoxy) is 1. The number of nitrogens with zero attached hydrogens (tertiary/aromatic N) is 6. The molecule has 162 valence electrons. The van der Waals surface area contributed by atoms with E-state index < -0.39 is 0 Å². The lowest BCUT2D eigenvalue weighted by molar-refractivity contribution is -0.140. The number of fused-ring (bicyclic) bond motifs is 3. The normalized spacial score (nSPS) is 11.5. The summed E-state index contributed by atoms with van der Waals surface area (Å²) in [4.78, 5) is 11.5. The lowest BCUT2D eigenvalue weighted by Gasteiger charge is -2.10. The van der Waals surface area contributed by atoms with Gasteiger partial charge in [-0.05, 0) is 48.9 Å². The van der Waals surface area contributed by atoms with E-state index in [1.54, 1.807) is 4.68 Å². The first-order valence-corrected chi connectivity index (χ1v) is 10.6. The van der Waals surface area contributed by atoms with Crippen molar-refractivity contribution in [3.8, 4) is 11.4 Å². The number of halogens is 1. The van der Waals surface area contributed by atoms with E-state index in [0.717, 1.165) is 39.5 Å². The van der Waals surface area contributed by atoms with Crippen molar-refractivity contribution in [2.45, 2.75) is 26.4 Å². The van der Waals surface area contributed by atoms with Crippen LogP contribution < -0.4 is 0 Å². The molecule has 0 N–H and O–H groups in total. The van der Waals surface area contributed by atoms with Crippen molar-refractivity contribution < 1.29 is 9.53 Å². The van der Waals surface area contributed by atoms with E-state index in [0.29, 0.717) is 18.1 Å². The average molecular weight is 449 g/mol. The summed E-state index contributed by atoms with van der Waals surface area (Å²) >= 11 is 6.24. The van der Waals surface area contributed by atoms with Crippen molar-refractivity contribution in [3.05, 3.63) is 71.1 Å². The molecule has 1 aromatic carbocycles. The molecular formula is C23H21ClN6O2. The van der Waals surface area contributed by atoms with Gasteiger partial charge in [0.1, 0.15) is 11.5 Å². The van der Waals surface area contributed by atoms with E-state index in [9.17, 15) is 4.79 Å². The molecule has 0 unspecified atom stereocenters. The van der Waals surface area contributed by atoms with E-state index in [1.807, 2.05) is 47.9 Å². The number of hydrogen-bond donors (Lipinski definition) is 0. The van der Waals surface area contributed by atoms with Crippen molar-refractivity contribution >= 4 is 34.3 Å². The fourth-order valence-corrected chi connectivity index (χ4v) is 4.19. The van der Waals surface area contributed by atoms with Gasteiger partial charge in [-0.15, -0.1) is 10.2 Å². The molecule has 4 aromatic heterocycles. The molecule has 0 fully saturated rings. The summed E-state index contributed by atoms with van der Waals surface area (Å²) in [5.41, 5.74) is 5.70. The molecule has 0 radical (unpaired) electrons. The fourth-order valence-electron chi connectivity index (χ4n) is 3.97. The number of hydrogen-bond acceptors (Lipinski definition) is 5. The molecule has 0 amide bonds. The standard InChI is InChI=1S/C23H21ClN6O2/c1-15-25-26-22-7-6-19-21(30(15)22)13-20(29(19)14-16-4-3-5-17(24)12-16)18-8-10-28(27-18)11-9-23(31)32-2/h3-8,10,12-13H,9,11,14H2,1-2H3. The topological polar surface area (TPSA) is 79.2 Å². The van der Waals surface area contributed by atoms with Crippen molar-refractivity contribution in [1.82, 2.24) is 28.9 Å². The van der Waals surface area contributed by atoms with Crippen LogP contribution in [0.3, 0.4) is 0 Å². The number of carbonyl (C=O) groups excluding carboxylic acids is 1. The smallest absolute Gasteiger partial charge is 0.307 e. The number of rotatable bonds is 6. The van der Waals surface area contributed by atoms with E-state index >= 15 is 0 Å². The van der Waals surface area contributed by atoms with Gasteiger partial charge in [0.25, 0.3) is 0 Å². The highest BCUT2D eigenvalue weighted by Crippen LogP contribution is 2.30. The molecule has 0 atom stereocenters. The van der Waals surface area contributed by atoms with E-state index in [-0.39, 0.29) is 12.4 Å². The highest BCUT2D eigenvalue weighted by Gasteiger charge is 2.17. The summed E-state index contributed by atoms with van der Waals surface area (Å²) < 4.78 is 10.7. The van der Waals surface area contributed by atoms with Gasteiger partial charge < -0.3 is 9.30 Å². The lowest BCUT2D eigenvalue weighted by atomic mass is 10.2. The van der Waals surface area contributed by atoms with Crippen LogP contribution in [-0.2, 0) is 22.6 Å². The predicted molar refractivity (Wildman–Crippen MR) is 122 cm³/mol. The van der Waals surface area contributed by atoms with E-state index in [4.69, 9.17) is 21.4 Å². The predicted octanol–water partition coefficient (Wildman–Crippen LogP) is 4.12. The molecule has 0 saturated carbocycles. The van der Waals surface area contributed by atoms with Crippen LogP contribution in [-0.4, -0.2) is 42.0 Å². The highest BCUT2D eigenvalue weighted by atomic mass is 35.5. The van der Waals surface area contributed by atoms with Crippen LogP contribution >= 0.6 is 11.6 Å². The monoisotopic (exact) mass is 448 g/mol. The van der Waals surface area contributed by atoms with Crippen molar-refractivity contribution in [2.24, 2.45) is 0 Å². The first-order valence-electron chi connectivity index (χ1n) is 10.2. The quantitative estimate of drug-likeness (QED) is 0.365. The molecule has 0 aliphatic rings. The number of pyridine rings is 1. The maximum absolute atomic E-state index is 11.5. The minimum atomic E-state index is -0.261. The largest absolute Gasteiger partial charge is 0.469 e. The Labute approximate surface area is 189 Å². The number of carbonyl (C=O) groups is 1. The summed E-state index contributed by atoms with van der Waals surface area (Å²) in [5, 5.41) is 13.9. The van der Waals surface area contributed by atoms with Crippen LogP contribution in [0.4, 0.5) is 0 Å². The molecule has 4 heterocycles. The Kier molecular flexibility index (Phi) is 5.14. The molecule has 0 aliphatic heterocycles. The Morgan fingerprint density at radius 3 is 2.78 bits per heavy atom. The van der Waals surface area contributed by atoms with E-state index in [2.05, 4.69) is 33.0 Å². The third kappa shape index (κ3) is 3.62. The van der Waals surface area contributed by atoms with Crippen molar-refractivity contribution in [1.29, 1.82) is 0 Å². The van der Waals surface area contributed by atoms with Gasteiger partial charge in [0.2, 0.25) is 0 Å². The molecule has 5 rings (SSSR count). The summed E-state index contributed by atoms with van der Waals surface area (Å²) in [6.07, 6.45) is 2.14. The molecule has 5 aromatic rings. The number of esters is 1. The molecule has 32 heavy (non-hydrogen) atoms. The molecule has 0 bridgehead atoms. The Hall–Kier alpha value is -3.65. The molecule has 9 heteroatoms. The van der Waals surface area contributed by atoms with Gasteiger partial charge in [-0.25, -0.2) is 0 Å². The van der Waals surface area contributed by atoms with Gasteiger partial charge in [0.05, 0.1) is 36.8 Å². The zero-order valence-corrected chi connectivity index (χ0v) is 18.5. The third-order valence-electron chi connectivity index (χ3n) is 5.50. The van der Waals surface area contributed by atoms with Crippen molar-refractivity contribution in [2.75, 3.05) is 7.11 Å². The minimum absolute atomic E-state index is 0.261. The van der Waals surface area contributed by atoms with Crippen LogP contribution in [0, 0.1) is 6.92 Å². The number of aromatic nitrogens is 6. The van der Waals surface area contributed by atoms with E-state index in [1.165, 1.54) is 7.11 Å². The molecule has 0 aliphatic carbocycles. The zero-order chi connectivity index (χ0) is 22.2. The third-order valence-corrected chi connectivity index (χ3v) is 5.74. The van der Waals surface area contributed by atoms with Gasteiger partial charge in [-0.2, -0.15) is 5.10 Å². The molecule has 0 spiro atoms. The Balaban J connectivity index is 1.63. The number of benzene rings is 1. The Morgan fingerprint density at radius 2 is 1.97 bits per heavy atom. The number of methoxy groups -OCH3 is 1. The van der Waals surface area contributed by atoms with Crippen LogP contribution in [0.1, 0.15) is 17.8 Å². The summed E-state index contributed by atoms with van der Waals surface area (Å²) in [5.74, 6) is 0.559. The first-order chi connectivity index (χ1) is 15.5. The minimum Gasteiger partial charge on any atom is -0.469 e. The lowest BCUT2D eigenvalue weighted by Crippen LogP contribution is -2.07. The van der Waals surface area contributed by atoms with Crippen LogP contribution in [0.15, 0.2) is 54.7 Å². The molecule has 8 nitrogen and oxygen atoms in total. The second kappa shape index (κ2) is 8.12. The highest BCUT2D eigenvalue weighted by molar-refractivity contribution is 6.30. The second-order valence-electron chi connectivity index (χ2n) is 7.58. The first kappa shape index (κ1) is 20.3. The van der Waals surface area contributed by atoms with Gasteiger partial charge in [-0.3, -0.25) is 13.9 Å². The fraction of sp³-hybridized carbons (Fsp3) is 0.217. The Morgan fingerprint density at radius 1 is 1.09 bits per heavy atom. The maximum Gasteiger partial charge on any atom is 0.307 e. The van der Waals surface area contributed by atoms with Gasteiger partial charge in [0, 0.05) is 17.8 Å². The Bertz CT molecular complexity index is 1450. The van der Waals surface area contributed by atoms with Gasteiger partial charge in [0.15, 0.2) is 5.65 Å². The van der Waals surface area contributed by atoms with Crippen LogP contribution in [0.2, 0.25) is 5.02 Å². The van der Waals surface area contributed by atoms with Crippen LogP contribution in [0.25, 0.3) is 28.1 Å². The summed E-state index contributed by atoms with van der Waals surface area (Å²) in [7, 11) is 1.39. The summed E-state index contributed by atoms with van der Waals surface area (Å²) in [6, 6.07) is 15.9. The average Bonchev–Trinajstić information content (AvgIpc) is 3.49. The van der Waals surface area contributed by atoms with Gasteiger partial charge in [-0.1, -0.05) is 23.7 Å². The van der Waals surface area contributed by atoms with Gasteiger partial charge >= 0.3 is 5.97 Å². The van der Waals surface area contributed by atoms with Crippen LogP contribution in [0.5, 0.6) is 0 Å².